The van der Waals surface area contributed by atoms with E-state index in [1.54, 1.807) is 12.1 Å². The molecule has 16 heavy (non-hydrogen) atoms. The van der Waals surface area contributed by atoms with Gasteiger partial charge in [0.25, 0.3) is 0 Å². The Bertz CT molecular complexity index is 646. The van der Waals surface area contributed by atoms with Crippen LogP contribution in [-0.4, -0.2) is 9.78 Å². The molecule has 2 aromatic rings. The van der Waals surface area contributed by atoms with Gasteiger partial charge in [-0.15, -0.1) is 0 Å². The van der Waals surface area contributed by atoms with Crippen LogP contribution in [0.25, 0.3) is 5.69 Å². The molecule has 0 aliphatic heterocycles. The summed E-state index contributed by atoms with van der Waals surface area (Å²) in [4.78, 5) is 22.7. The summed E-state index contributed by atoms with van der Waals surface area (Å²) in [5.74, 6) is 0. The molecule has 0 aliphatic carbocycles. The van der Waals surface area contributed by atoms with E-state index < -0.39 is 11.0 Å². The van der Waals surface area contributed by atoms with Crippen molar-refractivity contribution < 1.29 is 0 Å². The fourth-order valence-corrected chi connectivity index (χ4v) is 1.63. The Kier molecular flexibility index (Phi) is 2.85. The molecule has 1 aromatic heterocycles. The van der Waals surface area contributed by atoms with E-state index in [9.17, 15) is 9.59 Å². The van der Waals surface area contributed by atoms with Gasteiger partial charge < -0.3 is 0 Å². The van der Waals surface area contributed by atoms with Gasteiger partial charge in [0.1, 0.15) is 0 Å². The molecular weight excluding hydrogens is 251 g/mol. The normalized spacial score (nSPS) is 10.4. The third-order valence-corrected chi connectivity index (χ3v) is 2.56. The van der Waals surface area contributed by atoms with Crippen molar-refractivity contribution in [3.8, 4) is 5.69 Å². The number of hydrogen-bond acceptors (Lipinski definition) is 2. The van der Waals surface area contributed by atoms with Crippen molar-refractivity contribution in [1.82, 2.24) is 9.78 Å². The standard InChI is InChI=1S/C10H6Cl2N2O2/c11-6-1-2-7(12)8(5-6)14-10(16)9(15)3-4-13-14/h1-5,13H. The number of benzene rings is 1. The Morgan fingerprint density at radius 3 is 2.62 bits per heavy atom. The lowest BCUT2D eigenvalue weighted by molar-refractivity contribution is 0.797. The summed E-state index contributed by atoms with van der Waals surface area (Å²) in [7, 11) is 0. The highest BCUT2D eigenvalue weighted by atomic mass is 35.5. The highest BCUT2D eigenvalue weighted by Gasteiger charge is 2.07. The fraction of sp³-hybridized carbons (Fsp3) is 0. The first-order valence-electron chi connectivity index (χ1n) is 4.36. The van der Waals surface area contributed by atoms with E-state index in [1.165, 1.54) is 12.3 Å². The summed E-state index contributed by atoms with van der Waals surface area (Å²) < 4.78 is 1.05. The molecule has 0 atom stereocenters. The quantitative estimate of drug-likeness (QED) is 0.792. The maximum absolute atomic E-state index is 11.6. The molecule has 0 fully saturated rings. The number of hydrogen-bond donors (Lipinski definition) is 1. The van der Waals surface area contributed by atoms with Crippen molar-refractivity contribution in [2.24, 2.45) is 0 Å². The molecule has 82 valence electrons. The zero-order valence-corrected chi connectivity index (χ0v) is 9.42. The fourth-order valence-electron chi connectivity index (χ4n) is 1.26. The lowest BCUT2D eigenvalue weighted by atomic mass is 10.3. The number of aromatic amines is 1. The molecule has 0 spiro atoms. The Morgan fingerprint density at radius 1 is 1.12 bits per heavy atom. The predicted octanol–water partition coefficient (Wildman–Crippen LogP) is 1.83. The Morgan fingerprint density at radius 2 is 1.88 bits per heavy atom. The zero-order valence-electron chi connectivity index (χ0n) is 7.91. The largest absolute Gasteiger partial charge is 0.317 e. The van der Waals surface area contributed by atoms with Crippen LogP contribution in [0.2, 0.25) is 10.0 Å². The van der Waals surface area contributed by atoms with E-state index in [0.717, 1.165) is 10.7 Å². The SMILES string of the molecule is O=c1cc[nH]n(-c2cc(Cl)ccc2Cl)c1=O. The average Bonchev–Trinajstić information content (AvgIpc) is 2.26. The highest BCUT2D eigenvalue weighted by Crippen LogP contribution is 2.22. The smallest absolute Gasteiger partial charge is 0.298 e. The molecule has 4 nitrogen and oxygen atoms in total. The summed E-state index contributed by atoms with van der Waals surface area (Å²) in [6.07, 6.45) is 1.36. The van der Waals surface area contributed by atoms with Crippen LogP contribution in [-0.2, 0) is 0 Å². The highest BCUT2D eigenvalue weighted by molar-refractivity contribution is 6.34. The molecule has 1 N–H and O–H groups in total. The molecule has 0 saturated carbocycles. The first kappa shape index (κ1) is 11.0. The predicted molar refractivity (Wildman–Crippen MR) is 62.7 cm³/mol. The third kappa shape index (κ3) is 1.89. The summed E-state index contributed by atoms with van der Waals surface area (Å²) in [5, 5.41) is 3.38. The van der Waals surface area contributed by atoms with E-state index >= 15 is 0 Å². The van der Waals surface area contributed by atoms with Gasteiger partial charge in [-0.25, -0.2) is 4.68 Å². The summed E-state index contributed by atoms with van der Waals surface area (Å²) in [6, 6.07) is 5.80. The van der Waals surface area contributed by atoms with Gasteiger partial charge >= 0.3 is 5.56 Å². The minimum atomic E-state index is -0.702. The molecule has 0 radical (unpaired) electrons. The molecule has 6 heteroatoms. The van der Waals surface area contributed by atoms with E-state index in [1.807, 2.05) is 0 Å². The Balaban J connectivity index is 2.77. The van der Waals surface area contributed by atoms with Crippen molar-refractivity contribution in [3.05, 3.63) is 61.1 Å². The summed E-state index contributed by atoms with van der Waals surface area (Å²) in [5.41, 5.74) is -0.974. The van der Waals surface area contributed by atoms with Gasteiger partial charge in [-0.05, 0) is 18.2 Å². The zero-order chi connectivity index (χ0) is 11.7. The number of H-pyrrole nitrogens is 1. The van der Waals surface area contributed by atoms with Crippen LogP contribution in [0.4, 0.5) is 0 Å². The molecule has 0 bridgehead atoms. The summed E-state index contributed by atoms with van der Waals surface area (Å²) in [6.45, 7) is 0. The van der Waals surface area contributed by atoms with Crippen LogP contribution in [0.15, 0.2) is 40.1 Å². The first-order valence-corrected chi connectivity index (χ1v) is 5.11. The van der Waals surface area contributed by atoms with E-state index in [4.69, 9.17) is 23.2 Å². The second-order valence-electron chi connectivity index (χ2n) is 3.06. The van der Waals surface area contributed by atoms with E-state index in [-0.39, 0.29) is 0 Å². The molecule has 2 rings (SSSR count). The molecule has 1 heterocycles. The topological polar surface area (TPSA) is 54.9 Å². The van der Waals surface area contributed by atoms with Crippen molar-refractivity contribution in [1.29, 1.82) is 0 Å². The monoisotopic (exact) mass is 256 g/mol. The van der Waals surface area contributed by atoms with Gasteiger partial charge in [0.15, 0.2) is 0 Å². The Labute approximate surface area is 100 Å². The minimum Gasteiger partial charge on any atom is -0.298 e. The molecule has 1 aromatic carbocycles. The maximum Gasteiger partial charge on any atom is 0.317 e. The van der Waals surface area contributed by atoms with Gasteiger partial charge in [-0.3, -0.25) is 14.7 Å². The van der Waals surface area contributed by atoms with Gasteiger partial charge in [-0.2, -0.15) is 0 Å². The van der Waals surface area contributed by atoms with Crippen LogP contribution in [0.1, 0.15) is 0 Å². The van der Waals surface area contributed by atoms with E-state index in [2.05, 4.69) is 5.10 Å². The number of nitrogens with zero attached hydrogens (tertiary/aromatic N) is 1. The first-order chi connectivity index (χ1) is 7.59. The van der Waals surface area contributed by atoms with Gasteiger partial charge in [0, 0.05) is 17.3 Å². The number of halogens is 2. The van der Waals surface area contributed by atoms with Gasteiger partial charge in [-0.1, -0.05) is 23.2 Å². The minimum absolute atomic E-state index is 0.327. The molecule has 0 amide bonds. The lowest BCUT2D eigenvalue weighted by Crippen LogP contribution is -2.33. The van der Waals surface area contributed by atoms with Crippen LogP contribution in [0.5, 0.6) is 0 Å². The van der Waals surface area contributed by atoms with Crippen molar-refractivity contribution in [2.75, 3.05) is 0 Å². The number of nitrogens with one attached hydrogen (secondary N) is 1. The average molecular weight is 257 g/mol. The third-order valence-electron chi connectivity index (χ3n) is 2.00. The lowest BCUT2D eigenvalue weighted by Gasteiger charge is -2.06. The maximum atomic E-state index is 11.6. The van der Waals surface area contributed by atoms with Crippen LogP contribution >= 0.6 is 23.2 Å². The second kappa shape index (κ2) is 4.15. The van der Waals surface area contributed by atoms with Gasteiger partial charge in [0.05, 0.1) is 10.7 Å². The van der Waals surface area contributed by atoms with Crippen LogP contribution in [0, 0.1) is 0 Å². The second-order valence-corrected chi connectivity index (χ2v) is 3.91. The van der Waals surface area contributed by atoms with Crippen molar-refractivity contribution in [3.63, 3.8) is 0 Å². The van der Waals surface area contributed by atoms with Crippen LogP contribution in [0.3, 0.4) is 0 Å². The molecular formula is C10H6Cl2N2O2. The Hall–Kier alpha value is -1.52. The molecule has 0 aliphatic rings. The molecule has 0 saturated heterocycles. The van der Waals surface area contributed by atoms with E-state index in [0.29, 0.717) is 15.7 Å². The number of aromatic nitrogens is 2. The van der Waals surface area contributed by atoms with Gasteiger partial charge in [0.2, 0.25) is 5.43 Å². The van der Waals surface area contributed by atoms with Crippen molar-refractivity contribution >= 4 is 23.2 Å². The summed E-state index contributed by atoms with van der Waals surface area (Å²) >= 11 is 11.7. The molecule has 0 unspecified atom stereocenters. The number of rotatable bonds is 1. The van der Waals surface area contributed by atoms with Crippen LogP contribution < -0.4 is 11.0 Å². The van der Waals surface area contributed by atoms with Crippen molar-refractivity contribution in [2.45, 2.75) is 0 Å².